The lowest BCUT2D eigenvalue weighted by atomic mass is 9.81. The normalized spacial score (nSPS) is 15.6. The number of nitrogens with one attached hydrogen (secondary N) is 1. The molecule has 1 heterocycles. The third-order valence-electron chi connectivity index (χ3n) is 4.59. The molecule has 0 spiro atoms. The molecular weight excluding hydrogens is 383 g/mol. The zero-order chi connectivity index (χ0) is 18.5. The first kappa shape index (κ1) is 26.5. The topological polar surface area (TPSA) is 33.7 Å². The van der Waals surface area contributed by atoms with Crippen LogP contribution in [0.4, 0.5) is 0 Å². The highest BCUT2D eigenvalue weighted by Crippen LogP contribution is 2.27. The molecule has 0 aromatic heterocycles. The molecule has 1 aromatic rings. The van der Waals surface area contributed by atoms with Gasteiger partial charge in [0.2, 0.25) is 0 Å². The van der Waals surface area contributed by atoms with Gasteiger partial charge in [0.05, 0.1) is 20.3 Å². The molecule has 1 N–H and O–H groups in total. The van der Waals surface area contributed by atoms with Crippen molar-refractivity contribution < 1.29 is 9.47 Å². The van der Waals surface area contributed by atoms with Crippen LogP contribution in [0.25, 0.3) is 0 Å². The van der Waals surface area contributed by atoms with E-state index in [1.54, 1.807) is 7.11 Å². The highest BCUT2D eigenvalue weighted by molar-refractivity contribution is 5.85. The van der Waals surface area contributed by atoms with Crippen molar-refractivity contribution in [3.05, 3.63) is 29.3 Å². The third kappa shape index (κ3) is 9.49. The van der Waals surface area contributed by atoms with Crippen LogP contribution < -0.4 is 10.1 Å². The van der Waals surface area contributed by atoms with Crippen molar-refractivity contribution in [1.82, 2.24) is 10.2 Å². The first-order valence-electron chi connectivity index (χ1n) is 9.39. The van der Waals surface area contributed by atoms with Gasteiger partial charge >= 0.3 is 0 Å². The van der Waals surface area contributed by atoms with E-state index < -0.39 is 0 Å². The fourth-order valence-electron chi connectivity index (χ4n) is 3.80. The molecule has 6 heteroatoms. The van der Waals surface area contributed by atoms with E-state index in [-0.39, 0.29) is 30.4 Å². The predicted octanol–water partition coefficient (Wildman–Crippen LogP) is 4.68. The molecule has 0 atom stereocenters. The van der Waals surface area contributed by atoms with Crippen molar-refractivity contribution >= 4 is 24.8 Å². The van der Waals surface area contributed by atoms with E-state index in [2.05, 4.69) is 63.0 Å². The number of rotatable bonds is 7. The number of nitrogens with zero attached hydrogens (tertiary/aromatic N) is 1. The van der Waals surface area contributed by atoms with Crippen molar-refractivity contribution in [2.24, 2.45) is 5.41 Å². The Balaban J connectivity index is 0.00000338. The van der Waals surface area contributed by atoms with Crippen LogP contribution >= 0.6 is 24.8 Å². The van der Waals surface area contributed by atoms with E-state index >= 15 is 0 Å². The lowest BCUT2D eigenvalue weighted by Gasteiger charge is -2.33. The summed E-state index contributed by atoms with van der Waals surface area (Å²) >= 11 is 0. The van der Waals surface area contributed by atoms with Gasteiger partial charge in [-0.2, -0.15) is 0 Å². The summed E-state index contributed by atoms with van der Waals surface area (Å²) in [6.45, 7) is 16.9. The maximum absolute atomic E-state index is 5.57. The van der Waals surface area contributed by atoms with Gasteiger partial charge in [-0.3, -0.25) is 4.90 Å². The molecule has 0 amide bonds. The van der Waals surface area contributed by atoms with Crippen LogP contribution in [0, 0.1) is 5.41 Å². The molecule has 4 nitrogen and oxygen atoms in total. The smallest absolute Gasteiger partial charge is 0.123 e. The molecule has 0 aliphatic carbocycles. The van der Waals surface area contributed by atoms with Crippen LogP contribution in [0.3, 0.4) is 0 Å². The maximum atomic E-state index is 5.57. The maximum Gasteiger partial charge on any atom is 0.123 e. The van der Waals surface area contributed by atoms with Crippen LogP contribution in [0.15, 0.2) is 18.2 Å². The standard InChI is InChI=1S/C21H36N2O2.2ClH/c1-20(2,3)16-21(4,5)22-14-17-7-8-19(24-6)18(13-17)15-23-9-11-25-12-10-23;;/h7-8,13,22H,9-12,14-16H2,1-6H3;2*1H. The molecule has 0 saturated carbocycles. The van der Waals surface area contributed by atoms with Gasteiger partial charge in [-0.05, 0) is 43.4 Å². The number of hydrogen-bond donors (Lipinski definition) is 1. The Hall–Kier alpha value is -0.520. The summed E-state index contributed by atoms with van der Waals surface area (Å²) in [5.74, 6) is 0.976. The van der Waals surface area contributed by atoms with Crippen LogP contribution in [0.2, 0.25) is 0 Å². The largest absolute Gasteiger partial charge is 0.496 e. The van der Waals surface area contributed by atoms with Gasteiger partial charge in [-0.15, -0.1) is 24.8 Å². The Kier molecular flexibility index (Phi) is 11.3. The van der Waals surface area contributed by atoms with Crippen molar-refractivity contribution in [3.63, 3.8) is 0 Å². The number of benzene rings is 1. The molecule has 1 fully saturated rings. The summed E-state index contributed by atoms with van der Waals surface area (Å²) in [5, 5.41) is 3.73. The van der Waals surface area contributed by atoms with Crippen LogP contribution in [0.1, 0.15) is 52.2 Å². The van der Waals surface area contributed by atoms with Gasteiger partial charge < -0.3 is 14.8 Å². The summed E-state index contributed by atoms with van der Waals surface area (Å²) in [6.07, 6.45) is 1.14. The SMILES string of the molecule is COc1ccc(CNC(C)(C)CC(C)(C)C)cc1CN1CCOCC1.Cl.Cl. The fraction of sp³-hybridized carbons (Fsp3) is 0.714. The van der Waals surface area contributed by atoms with E-state index in [9.17, 15) is 0 Å². The van der Waals surface area contributed by atoms with E-state index in [0.29, 0.717) is 5.41 Å². The van der Waals surface area contributed by atoms with Crippen LogP contribution in [-0.2, 0) is 17.8 Å². The molecule has 158 valence electrons. The van der Waals surface area contributed by atoms with E-state index in [1.165, 1.54) is 11.1 Å². The number of ether oxygens (including phenoxy) is 2. The molecule has 27 heavy (non-hydrogen) atoms. The van der Waals surface area contributed by atoms with Crippen molar-refractivity contribution in [3.8, 4) is 5.75 Å². The zero-order valence-electron chi connectivity index (χ0n) is 17.8. The third-order valence-corrected chi connectivity index (χ3v) is 4.59. The minimum atomic E-state index is 0. The molecular formula is C21H38Cl2N2O2. The predicted molar refractivity (Wildman–Crippen MR) is 119 cm³/mol. The number of hydrogen-bond acceptors (Lipinski definition) is 4. The average Bonchev–Trinajstić information content (AvgIpc) is 2.52. The number of methoxy groups -OCH3 is 1. The monoisotopic (exact) mass is 420 g/mol. The Morgan fingerprint density at radius 2 is 1.70 bits per heavy atom. The first-order chi connectivity index (χ1) is 11.7. The van der Waals surface area contributed by atoms with Gasteiger partial charge in [-0.1, -0.05) is 26.8 Å². The Morgan fingerprint density at radius 3 is 2.26 bits per heavy atom. The van der Waals surface area contributed by atoms with Gasteiger partial charge in [-0.25, -0.2) is 0 Å². The van der Waals surface area contributed by atoms with Gasteiger partial charge in [0.15, 0.2) is 0 Å². The van der Waals surface area contributed by atoms with E-state index in [4.69, 9.17) is 9.47 Å². The van der Waals surface area contributed by atoms with Crippen molar-refractivity contribution in [2.75, 3.05) is 33.4 Å². The summed E-state index contributed by atoms with van der Waals surface area (Å²) in [6, 6.07) is 6.56. The molecule has 0 bridgehead atoms. The van der Waals surface area contributed by atoms with Gasteiger partial charge in [0.25, 0.3) is 0 Å². The minimum absolute atomic E-state index is 0. The second-order valence-electron chi connectivity index (χ2n) is 9.01. The lowest BCUT2D eigenvalue weighted by Crippen LogP contribution is -2.41. The molecule has 1 saturated heterocycles. The van der Waals surface area contributed by atoms with Crippen LogP contribution in [0.5, 0.6) is 5.75 Å². The fourth-order valence-corrected chi connectivity index (χ4v) is 3.80. The number of morpholine rings is 1. The zero-order valence-corrected chi connectivity index (χ0v) is 19.4. The Bertz CT molecular complexity index is 554. The summed E-state index contributed by atoms with van der Waals surface area (Å²) in [5.41, 5.74) is 3.00. The van der Waals surface area contributed by atoms with Crippen molar-refractivity contribution in [1.29, 1.82) is 0 Å². The lowest BCUT2D eigenvalue weighted by molar-refractivity contribution is 0.0339. The molecule has 2 rings (SSSR count). The Morgan fingerprint density at radius 1 is 1.07 bits per heavy atom. The van der Waals surface area contributed by atoms with E-state index in [1.807, 2.05) is 0 Å². The van der Waals surface area contributed by atoms with Crippen LogP contribution in [-0.4, -0.2) is 43.9 Å². The molecule has 1 aromatic carbocycles. The quantitative estimate of drug-likeness (QED) is 0.694. The second-order valence-corrected chi connectivity index (χ2v) is 9.01. The highest BCUT2D eigenvalue weighted by Gasteiger charge is 2.24. The first-order valence-corrected chi connectivity index (χ1v) is 9.39. The summed E-state index contributed by atoms with van der Waals surface area (Å²) in [7, 11) is 1.75. The Labute approximate surface area is 178 Å². The molecule has 1 aliphatic rings. The number of halogens is 2. The second kappa shape index (κ2) is 11.5. The average molecular weight is 421 g/mol. The van der Waals surface area contributed by atoms with Crippen molar-refractivity contribution in [2.45, 2.75) is 59.7 Å². The van der Waals surface area contributed by atoms with E-state index in [0.717, 1.165) is 51.6 Å². The molecule has 0 radical (unpaired) electrons. The highest BCUT2D eigenvalue weighted by atomic mass is 35.5. The molecule has 0 unspecified atom stereocenters. The minimum Gasteiger partial charge on any atom is -0.496 e. The van der Waals surface area contributed by atoms with Gasteiger partial charge in [0.1, 0.15) is 5.75 Å². The van der Waals surface area contributed by atoms with Gasteiger partial charge in [0, 0.05) is 37.3 Å². The molecule has 1 aliphatic heterocycles. The summed E-state index contributed by atoms with van der Waals surface area (Å²) < 4.78 is 11.0. The summed E-state index contributed by atoms with van der Waals surface area (Å²) in [4.78, 5) is 2.43.